The van der Waals surface area contributed by atoms with Crippen LogP contribution in [-0.2, 0) is 10.2 Å². The van der Waals surface area contributed by atoms with Gasteiger partial charge in [0.15, 0.2) is 0 Å². The van der Waals surface area contributed by atoms with E-state index in [1.54, 1.807) is 25.1 Å². The van der Waals surface area contributed by atoms with E-state index < -0.39 is 5.41 Å². The molecule has 4 N–H and O–H groups in total. The van der Waals surface area contributed by atoms with Crippen molar-refractivity contribution in [2.24, 2.45) is 5.73 Å². The molecule has 4 rings (SSSR count). The number of hydrogen-bond acceptors (Lipinski definition) is 5. The highest BCUT2D eigenvalue weighted by Gasteiger charge is 2.58. The number of hydrogen-bond donors (Lipinski definition) is 3. The van der Waals surface area contributed by atoms with Gasteiger partial charge in [-0.25, -0.2) is 0 Å². The number of benzene rings is 1. The first-order valence-electron chi connectivity index (χ1n) is 6.75. The van der Waals surface area contributed by atoms with Crippen LogP contribution in [0.25, 0.3) is 0 Å². The predicted octanol–water partition coefficient (Wildman–Crippen LogP) is 1.70. The van der Waals surface area contributed by atoms with Gasteiger partial charge < -0.3 is 15.8 Å². The quantitative estimate of drug-likeness (QED) is 0.680. The minimum absolute atomic E-state index is 0.0213. The second-order valence-electron chi connectivity index (χ2n) is 5.38. The number of ether oxygens (including phenoxy) is 1. The number of rotatable bonds is 0. The van der Waals surface area contributed by atoms with E-state index in [0.29, 0.717) is 27.5 Å². The summed E-state index contributed by atoms with van der Waals surface area (Å²) in [6.45, 7) is 1.75. The van der Waals surface area contributed by atoms with Crippen LogP contribution in [0, 0.1) is 18.3 Å². The van der Waals surface area contributed by atoms with Gasteiger partial charge in [0.1, 0.15) is 17.1 Å². The Labute approximate surface area is 135 Å². The van der Waals surface area contributed by atoms with Crippen molar-refractivity contribution in [2.45, 2.75) is 12.3 Å². The van der Waals surface area contributed by atoms with Gasteiger partial charge in [0.2, 0.25) is 17.7 Å². The van der Waals surface area contributed by atoms with Gasteiger partial charge in [-0.3, -0.25) is 9.89 Å². The van der Waals surface area contributed by atoms with Crippen LogP contribution in [-0.4, -0.2) is 16.1 Å². The van der Waals surface area contributed by atoms with Crippen molar-refractivity contribution < 1.29 is 9.53 Å². The van der Waals surface area contributed by atoms with Crippen molar-refractivity contribution >= 4 is 23.2 Å². The lowest BCUT2D eigenvalue weighted by atomic mass is 9.69. The smallest absolute Gasteiger partial charge is 0.245 e. The Morgan fingerprint density at radius 3 is 3.00 bits per heavy atom. The fourth-order valence-corrected chi connectivity index (χ4v) is 3.47. The number of nitriles is 1. The third-order valence-electron chi connectivity index (χ3n) is 4.20. The molecule has 7 nitrogen and oxygen atoms in total. The van der Waals surface area contributed by atoms with Gasteiger partial charge in [0.25, 0.3) is 0 Å². The second-order valence-corrected chi connectivity index (χ2v) is 5.81. The molecular weight excluding hydrogens is 318 g/mol. The van der Waals surface area contributed by atoms with E-state index in [9.17, 15) is 10.1 Å². The summed E-state index contributed by atoms with van der Waals surface area (Å²) >= 11 is 6.12. The van der Waals surface area contributed by atoms with Crippen molar-refractivity contribution in [1.82, 2.24) is 10.2 Å². The molecule has 1 spiro atoms. The molecule has 2 aromatic rings. The fraction of sp³-hybridized carbons (Fsp3) is 0.133. The number of nitrogens with one attached hydrogen (secondary N) is 2. The molecule has 0 aliphatic carbocycles. The average molecular weight is 328 g/mol. The van der Waals surface area contributed by atoms with E-state index in [4.69, 9.17) is 22.1 Å². The molecule has 1 atom stereocenters. The Kier molecular flexibility index (Phi) is 2.54. The second kappa shape index (κ2) is 4.27. The van der Waals surface area contributed by atoms with Gasteiger partial charge in [0.05, 0.1) is 5.56 Å². The molecule has 0 fully saturated rings. The van der Waals surface area contributed by atoms with Crippen LogP contribution in [0.15, 0.2) is 29.7 Å². The van der Waals surface area contributed by atoms with Gasteiger partial charge >= 0.3 is 0 Å². The Bertz CT molecular complexity index is 955. The number of nitrogens with zero attached hydrogens (tertiary/aromatic N) is 2. The maximum atomic E-state index is 13.0. The largest absolute Gasteiger partial charge is 0.420 e. The molecule has 3 heterocycles. The molecule has 1 unspecified atom stereocenters. The minimum Gasteiger partial charge on any atom is -0.420 e. The molecule has 2 aliphatic rings. The number of carbonyl (C=O) groups excluding carboxylic acids is 1. The molecule has 0 radical (unpaired) electrons. The highest BCUT2D eigenvalue weighted by atomic mass is 35.5. The lowest BCUT2D eigenvalue weighted by molar-refractivity contribution is -0.118. The summed E-state index contributed by atoms with van der Waals surface area (Å²) in [5.41, 5.74) is 6.73. The number of H-pyrrole nitrogens is 1. The third kappa shape index (κ3) is 1.48. The summed E-state index contributed by atoms with van der Waals surface area (Å²) in [4.78, 5) is 13.0. The van der Waals surface area contributed by atoms with Crippen molar-refractivity contribution in [3.8, 4) is 11.9 Å². The number of nitrogens with two attached hydrogens (primary N) is 1. The monoisotopic (exact) mass is 327 g/mol. The van der Waals surface area contributed by atoms with E-state index in [1.165, 1.54) is 0 Å². The zero-order chi connectivity index (χ0) is 16.4. The molecule has 8 heteroatoms. The minimum atomic E-state index is -1.41. The number of aromatic nitrogens is 2. The SMILES string of the molecule is Cc1[nH]nc2c1C1(C(=O)Nc3ccc(Cl)cc31)C(C#N)=C(N)O2. The van der Waals surface area contributed by atoms with Crippen LogP contribution in [0.3, 0.4) is 0 Å². The van der Waals surface area contributed by atoms with Crippen LogP contribution in [0.1, 0.15) is 16.8 Å². The lowest BCUT2D eigenvalue weighted by Crippen LogP contribution is -2.42. The first-order chi connectivity index (χ1) is 11.0. The summed E-state index contributed by atoms with van der Waals surface area (Å²) in [6.07, 6.45) is 0. The Hall–Kier alpha value is -2.98. The third-order valence-corrected chi connectivity index (χ3v) is 4.44. The van der Waals surface area contributed by atoms with Crippen LogP contribution in [0.5, 0.6) is 5.88 Å². The lowest BCUT2D eigenvalue weighted by Gasteiger charge is -2.31. The highest BCUT2D eigenvalue weighted by Crippen LogP contribution is 2.53. The first-order valence-corrected chi connectivity index (χ1v) is 7.13. The zero-order valence-corrected chi connectivity index (χ0v) is 12.7. The van der Waals surface area contributed by atoms with Crippen molar-refractivity contribution in [2.75, 3.05) is 5.32 Å². The molecule has 0 saturated heterocycles. The van der Waals surface area contributed by atoms with Gasteiger partial charge in [0, 0.05) is 22.0 Å². The summed E-state index contributed by atoms with van der Waals surface area (Å²) in [7, 11) is 0. The van der Waals surface area contributed by atoms with E-state index in [2.05, 4.69) is 15.5 Å². The Morgan fingerprint density at radius 1 is 1.48 bits per heavy atom. The summed E-state index contributed by atoms with van der Waals surface area (Å²) < 4.78 is 5.42. The number of carbonyl (C=O) groups is 1. The standard InChI is InChI=1S/C15H10ClN5O2/c1-6-11-13(21-20-6)23-12(18)9(5-17)15(11)8-4-7(16)2-3-10(8)19-14(15)22/h2-4H,18H2,1H3,(H,19,22)(H,20,21). The molecule has 1 aromatic carbocycles. The van der Waals surface area contributed by atoms with E-state index in [0.717, 1.165) is 0 Å². The van der Waals surface area contributed by atoms with Crippen LogP contribution >= 0.6 is 11.6 Å². The van der Waals surface area contributed by atoms with Crippen LogP contribution < -0.4 is 15.8 Å². The number of anilines is 1. The maximum absolute atomic E-state index is 13.0. The topological polar surface area (TPSA) is 117 Å². The molecule has 0 bridgehead atoms. The summed E-state index contributed by atoms with van der Waals surface area (Å²) in [5.74, 6) is -0.347. The molecule has 1 amide bonds. The highest BCUT2D eigenvalue weighted by molar-refractivity contribution is 6.31. The molecule has 1 aromatic heterocycles. The normalized spacial score (nSPS) is 21.5. The number of amides is 1. The Balaban J connectivity index is 2.19. The molecular formula is C15H10ClN5O2. The van der Waals surface area contributed by atoms with Gasteiger partial charge in [-0.1, -0.05) is 11.6 Å². The molecule has 114 valence electrons. The first kappa shape index (κ1) is 13.7. The summed E-state index contributed by atoms with van der Waals surface area (Å²) in [6, 6.07) is 7.04. The van der Waals surface area contributed by atoms with E-state index >= 15 is 0 Å². The number of halogens is 1. The molecule has 2 aliphatic heterocycles. The zero-order valence-electron chi connectivity index (χ0n) is 11.9. The predicted molar refractivity (Wildman–Crippen MR) is 81.6 cm³/mol. The summed E-state index contributed by atoms with van der Waals surface area (Å²) in [5, 5.41) is 19.7. The van der Waals surface area contributed by atoms with Crippen LogP contribution in [0.2, 0.25) is 5.02 Å². The van der Waals surface area contributed by atoms with E-state index in [1.807, 2.05) is 6.07 Å². The average Bonchev–Trinajstić information content (AvgIpc) is 3.00. The fourth-order valence-electron chi connectivity index (χ4n) is 3.30. The van der Waals surface area contributed by atoms with Crippen molar-refractivity contribution in [3.05, 3.63) is 51.5 Å². The maximum Gasteiger partial charge on any atom is 0.245 e. The van der Waals surface area contributed by atoms with Gasteiger partial charge in [-0.05, 0) is 25.1 Å². The van der Waals surface area contributed by atoms with Crippen molar-refractivity contribution in [1.29, 1.82) is 5.26 Å². The van der Waals surface area contributed by atoms with Gasteiger partial charge in [-0.2, -0.15) is 5.26 Å². The number of fused-ring (bicyclic) bond motifs is 4. The Morgan fingerprint density at radius 2 is 2.26 bits per heavy atom. The van der Waals surface area contributed by atoms with Crippen molar-refractivity contribution in [3.63, 3.8) is 0 Å². The number of aryl methyl sites for hydroxylation is 1. The van der Waals surface area contributed by atoms with Crippen LogP contribution in [0.4, 0.5) is 5.69 Å². The molecule has 23 heavy (non-hydrogen) atoms. The van der Waals surface area contributed by atoms with Gasteiger partial charge in [-0.15, -0.1) is 5.10 Å². The van der Waals surface area contributed by atoms with E-state index in [-0.39, 0.29) is 23.2 Å². The molecule has 0 saturated carbocycles. The number of aromatic amines is 1.